The molecular formula is C18H26N4O. The minimum atomic E-state index is -0.0451. The largest absolute Gasteiger partial charge is 0.359 e. The number of aryl methyl sites for hydroxylation is 1. The summed E-state index contributed by atoms with van der Waals surface area (Å²) < 4.78 is 0. The van der Waals surface area contributed by atoms with Crippen molar-refractivity contribution in [2.75, 3.05) is 13.1 Å². The van der Waals surface area contributed by atoms with E-state index in [9.17, 15) is 4.79 Å². The lowest BCUT2D eigenvalue weighted by atomic mass is 10.1. The summed E-state index contributed by atoms with van der Waals surface area (Å²) in [6.07, 6.45) is 4.17. The first-order chi connectivity index (χ1) is 11.0. The van der Waals surface area contributed by atoms with Crippen molar-refractivity contribution in [2.24, 2.45) is 0 Å². The molecule has 2 aromatic heterocycles. The second kappa shape index (κ2) is 6.24. The van der Waals surface area contributed by atoms with Crippen molar-refractivity contribution in [1.29, 1.82) is 0 Å². The predicted molar refractivity (Wildman–Crippen MR) is 93.8 cm³/mol. The molecular weight excluding hydrogens is 288 g/mol. The Kier molecular flexibility index (Phi) is 4.31. The third-order valence-corrected chi connectivity index (χ3v) is 4.86. The molecule has 1 fully saturated rings. The van der Waals surface area contributed by atoms with Gasteiger partial charge in [-0.25, -0.2) is 0 Å². The molecule has 2 heterocycles. The summed E-state index contributed by atoms with van der Waals surface area (Å²) in [7, 11) is 0. The van der Waals surface area contributed by atoms with Crippen molar-refractivity contribution in [1.82, 2.24) is 20.1 Å². The van der Waals surface area contributed by atoms with Crippen molar-refractivity contribution in [2.45, 2.75) is 47.1 Å². The molecule has 124 valence electrons. The van der Waals surface area contributed by atoms with Gasteiger partial charge in [0.2, 0.25) is 0 Å². The molecule has 3 rings (SSSR count). The van der Waals surface area contributed by atoms with Gasteiger partial charge in [0.25, 0.3) is 5.56 Å². The van der Waals surface area contributed by atoms with E-state index in [2.05, 4.69) is 47.8 Å². The van der Waals surface area contributed by atoms with Crippen LogP contribution in [0, 0.1) is 13.8 Å². The molecule has 0 aromatic carbocycles. The zero-order valence-electron chi connectivity index (χ0n) is 14.5. The summed E-state index contributed by atoms with van der Waals surface area (Å²) in [5, 5.41) is 7.46. The maximum atomic E-state index is 12.1. The SMILES string of the molecule is CCN(CC)Cc1c(C)[nH]c(C=c2c(=O)[nH][nH]c2=C2CC2)c1C. The van der Waals surface area contributed by atoms with E-state index in [1.807, 2.05) is 6.08 Å². The van der Waals surface area contributed by atoms with E-state index in [0.717, 1.165) is 48.7 Å². The molecule has 0 spiro atoms. The Morgan fingerprint density at radius 2 is 1.83 bits per heavy atom. The van der Waals surface area contributed by atoms with Crippen LogP contribution in [0.4, 0.5) is 0 Å². The van der Waals surface area contributed by atoms with E-state index in [1.165, 1.54) is 22.4 Å². The van der Waals surface area contributed by atoms with E-state index < -0.39 is 0 Å². The van der Waals surface area contributed by atoms with E-state index in [1.54, 1.807) is 0 Å². The quantitative estimate of drug-likeness (QED) is 0.778. The second-order valence-corrected chi connectivity index (χ2v) is 6.34. The second-order valence-electron chi connectivity index (χ2n) is 6.34. The van der Waals surface area contributed by atoms with Crippen LogP contribution < -0.4 is 16.1 Å². The van der Waals surface area contributed by atoms with E-state index >= 15 is 0 Å². The molecule has 0 unspecified atom stereocenters. The lowest BCUT2D eigenvalue weighted by molar-refractivity contribution is 0.295. The molecule has 0 aliphatic heterocycles. The summed E-state index contributed by atoms with van der Waals surface area (Å²) >= 11 is 0. The van der Waals surface area contributed by atoms with Crippen molar-refractivity contribution in [3.8, 4) is 0 Å². The van der Waals surface area contributed by atoms with Gasteiger partial charge < -0.3 is 4.98 Å². The molecule has 3 N–H and O–H groups in total. The molecule has 1 aliphatic carbocycles. The third-order valence-electron chi connectivity index (χ3n) is 4.86. The van der Waals surface area contributed by atoms with Crippen molar-refractivity contribution >= 4 is 11.6 Å². The average molecular weight is 314 g/mol. The number of hydrogen-bond acceptors (Lipinski definition) is 2. The Morgan fingerprint density at radius 3 is 2.43 bits per heavy atom. The number of nitrogens with zero attached hydrogens (tertiary/aromatic N) is 1. The van der Waals surface area contributed by atoms with Gasteiger partial charge in [-0.2, -0.15) is 0 Å². The van der Waals surface area contributed by atoms with Crippen LogP contribution >= 0.6 is 0 Å². The molecule has 0 radical (unpaired) electrons. The van der Waals surface area contributed by atoms with Gasteiger partial charge in [-0.3, -0.25) is 19.9 Å². The van der Waals surface area contributed by atoms with E-state index in [4.69, 9.17) is 0 Å². The number of H-pyrrole nitrogens is 3. The van der Waals surface area contributed by atoms with Crippen LogP contribution in [-0.2, 0) is 6.54 Å². The van der Waals surface area contributed by atoms with Crippen molar-refractivity contribution in [3.63, 3.8) is 0 Å². The highest BCUT2D eigenvalue weighted by Gasteiger charge is 2.16. The number of aromatic amines is 3. The van der Waals surface area contributed by atoms with Gasteiger partial charge in [0, 0.05) is 17.9 Å². The van der Waals surface area contributed by atoms with Gasteiger partial charge in [-0.05, 0) is 62.6 Å². The third kappa shape index (κ3) is 3.06. The topological polar surface area (TPSA) is 67.7 Å². The van der Waals surface area contributed by atoms with Crippen LogP contribution in [0.5, 0.6) is 0 Å². The van der Waals surface area contributed by atoms with Gasteiger partial charge in [0.05, 0.1) is 10.6 Å². The van der Waals surface area contributed by atoms with Gasteiger partial charge >= 0.3 is 0 Å². The summed E-state index contributed by atoms with van der Waals surface area (Å²) in [6.45, 7) is 11.7. The number of rotatable bonds is 5. The van der Waals surface area contributed by atoms with E-state index in [-0.39, 0.29) is 5.56 Å². The fourth-order valence-corrected chi connectivity index (χ4v) is 3.11. The minimum absolute atomic E-state index is 0.0451. The van der Waals surface area contributed by atoms with Gasteiger partial charge in [-0.1, -0.05) is 13.8 Å². The number of aromatic nitrogens is 3. The van der Waals surface area contributed by atoms with Crippen LogP contribution in [-0.4, -0.2) is 33.2 Å². The van der Waals surface area contributed by atoms with Gasteiger partial charge in [0.1, 0.15) is 0 Å². The number of nitrogens with one attached hydrogen (secondary N) is 3. The summed E-state index contributed by atoms with van der Waals surface area (Å²) in [6, 6.07) is 0. The molecule has 0 amide bonds. The Balaban J connectivity index is 2.07. The molecule has 23 heavy (non-hydrogen) atoms. The molecule has 0 atom stereocenters. The van der Waals surface area contributed by atoms with Crippen molar-refractivity contribution < 1.29 is 0 Å². The van der Waals surface area contributed by atoms with Crippen LogP contribution in [0.3, 0.4) is 0 Å². The van der Waals surface area contributed by atoms with Crippen LogP contribution in [0.25, 0.3) is 11.6 Å². The zero-order valence-corrected chi connectivity index (χ0v) is 14.5. The Morgan fingerprint density at radius 1 is 1.13 bits per heavy atom. The Hall–Kier alpha value is -2.01. The lowest BCUT2D eigenvalue weighted by Crippen LogP contribution is -2.33. The van der Waals surface area contributed by atoms with Gasteiger partial charge in [0.15, 0.2) is 0 Å². The maximum absolute atomic E-state index is 12.1. The first kappa shape index (κ1) is 15.9. The summed E-state index contributed by atoms with van der Waals surface area (Å²) in [5.41, 5.74) is 6.09. The molecule has 0 saturated heterocycles. The molecule has 0 bridgehead atoms. The first-order valence-electron chi connectivity index (χ1n) is 8.46. The smallest absolute Gasteiger partial charge is 0.271 e. The molecule has 5 nitrogen and oxygen atoms in total. The fraction of sp³-hybridized carbons (Fsp3) is 0.500. The molecule has 1 aliphatic rings. The average Bonchev–Trinajstić information content (AvgIpc) is 3.27. The Labute approximate surface area is 136 Å². The van der Waals surface area contributed by atoms with Crippen molar-refractivity contribution in [3.05, 3.63) is 43.4 Å². The summed E-state index contributed by atoms with van der Waals surface area (Å²) in [5.74, 6) is 0. The molecule has 5 heteroatoms. The molecule has 2 aromatic rings. The highest BCUT2D eigenvalue weighted by atomic mass is 16.1. The van der Waals surface area contributed by atoms with Crippen LogP contribution in [0.1, 0.15) is 49.2 Å². The highest BCUT2D eigenvalue weighted by molar-refractivity contribution is 5.59. The molecule has 1 saturated carbocycles. The van der Waals surface area contributed by atoms with Gasteiger partial charge in [-0.15, -0.1) is 0 Å². The first-order valence-corrected chi connectivity index (χ1v) is 8.46. The fourth-order valence-electron chi connectivity index (χ4n) is 3.11. The van der Waals surface area contributed by atoms with E-state index in [0.29, 0.717) is 0 Å². The Bertz CT molecular complexity index is 871. The standard InChI is InChI=1S/C18H26N4O/c1-5-22(6-2)10-15-11(3)16(19-12(15)4)9-14-17(13-7-8-13)20-21-18(14)23/h9,19-20H,5-8,10H2,1-4H3,(H,21,23). The maximum Gasteiger partial charge on any atom is 0.271 e. The lowest BCUT2D eigenvalue weighted by Gasteiger charge is -2.18. The summed E-state index contributed by atoms with van der Waals surface area (Å²) in [4.78, 5) is 18.0. The van der Waals surface area contributed by atoms with Crippen LogP contribution in [0.15, 0.2) is 4.79 Å². The normalized spacial score (nSPS) is 15.0. The zero-order chi connectivity index (χ0) is 16.6. The monoisotopic (exact) mass is 314 g/mol. The highest BCUT2D eigenvalue weighted by Crippen LogP contribution is 2.26. The predicted octanol–water partition coefficient (Wildman–Crippen LogP) is 1.26. The minimum Gasteiger partial charge on any atom is -0.359 e. The van der Waals surface area contributed by atoms with Crippen LogP contribution in [0.2, 0.25) is 0 Å². The number of hydrogen-bond donors (Lipinski definition) is 3.